The Kier molecular flexibility index (Phi) is 8.13. The second kappa shape index (κ2) is 13.7. The Labute approximate surface area is 347 Å². The SMILES string of the molecule is CC1(C)c2ccccc2-c2ccc(N(c3ccc(-c4cccc5c4-c4ccccc4C5(c4ccccc4)c4ccccc4)cc3)c3ccccc3-c3ccccc3)cc21. The van der Waals surface area contributed by atoms with Crippen LogP contribution in [0.2, 0.25) is 0 Å². The summed E-state index contributed by atoms with van der Waals surface area (Å²) in [6.07, 6.45) is 0. The molecule has 0 fully saturated rings. The lowest BCUT2D eigenvalue weighted by Gasteiger charge is -2.34. The van der Waals surface area contributed by atoms with Gasteiger partial charge in [-0.2, -0.15) is 0 Å². The Morgan fingerprint density at radius 3 is 1.51 bits per heavy atom. The molecule has 0 atom stereocenters. The van der Waals surface area contributed by atoms with Crippen LogP contribution in [-0.2, 0) is 10.8 Å². The largest absolute Gasteiger partial charge is 0.310 e. The van der Waals surface area contributed by atoms with Crippen molar-refractivity contribution in [2.24, 2.45) is 0 Å². The highest BCUT2D eigenvalue weighted by molar-refractivity contribution is 5.96. The molecule has 59 heavy (non-hydrogen) atoms. The minimum atomic E-state index is -0.441. The molecule has 0 bridgehead atoms. The molecule has 1 heteroatoms. The van der Waals surface area contributed by atoms with Crippen LogP contribution in [0.5, 0.6) is 0 Å². The van der Waals surface area contributed by atoms with Gasteiger partial charge in [-0.1, -0.05) is 208 Å². The van der Waals surface area contributed by atoms with Gasteiger partial charge in [0.25, 0.3) is 0 Å². The maximum Gasteiger partial charge on any atom is 0.0713 e. The molecule has 9 aromatic carbocycles. The first-order valence-electron chi connectivity index (χ1n) is 20.7. The second-order valence-corrected chi connectivity index (χ2v) is 16.4. The van der Waals surface area contributed by atoms with Gasteiger partial charge in [0, 0.05) is 22.4 Å². The van der Waals surface area contributed by atoms with E-state index in [4.69, 9.17) is 0 Å². The number of nitrogens with zero attached hydrogens (tertiary/aromatic N) is 1. The molecule has 9 aromatic rings. The number of anilines is 3. The third kappa shape index (κ3) is 5.31. The Balaban J connectivity index is 1.09. The van der Waals surface area contributed by atoms with Gasteiger partial charge in [-0.3, -0.25) is 0 Å². The van der Waals surface area contributed by atoms with Crippen LogP contribution in [0.1, 0.15) is 47.2 Å². The number of para-hydroxylation sites is 1. The van der Waals surface area contributed by atoms with Crippen molar-refractivity contribution in [3.05, 3.63) is 258 Å². The summed E-state index contributed by atoms with van der Waals surface area (Å²) in [5, 5.41) is 0. The normalized spacial score (nSPS) is 13.9. The maximum absolute atomic E-state index is 2.45. The van der Waals surface area contributed by atoms with Crippen molar-refractivity contribution < 1.29 is 0 Å². The second-order valence-electron chi connectivity index (χ2n) is 16.4. The zero-order valence-electron chi connectivity index (χ0n) is 33.3. The van der Waals surface area contributed by atoms with E-state index < -0.39 is 5.41 Å². The van der Waals surface area contributed by atoms with E-state index in [0.29, 0.717) is 0 Å². The molecule has 0 spiro atoms. The monoisotopic (exact) mass is 753 g/mol. The Morgan fingerprint density at radius 1 is 0.322 bits per heavy atom. The van der Waals surface area contributed by atoms with Crippen LogP contribution in [0.4, 0.5) is 17.1 Å². The number of fused-ring (bicyclic) bond motifs is 6. The van der Waals surface area contributed by atoms with Gasteiger partial charge in [0.05, 0.1) is 11.1 Å². The van der Waals surface area contributed by atoms with Gasteiger partial charge in [-0.05, 0) is 103 Å². The predicted molar refractivity (Wildman–Crippen MR) is 247 cm³/mol. The molecular formula is C58H43N. The summed E-state index contributed by atoms with van der Waals surface area (Å²) >= 11 is 0. The molecule has 0 aromatic heterocycles. The lowest BCUT2D eigenvalue weighted by Crippen LogP contribution is -2.28. The third-order valence-corrected chi connectivity index (χ3v) is 13.0. The summed E-state index contributed by atoms with van der Waals surface area (Å²) < 4.78 is 0. The number of benzene rings is 9. The van der Waals surface area contributed by atoms with Crippen LogP contribution in [0.15, 0.2) is 224 Å². The van der Waals surface area contributed by atoms with Crippen molar-refractivity contribution >= 4 is 17.1 Å². The van der Waals surface area contributed by atoms with E-state index >= 15 is 0 Å². The molecule has 2 aliphatic carbocycles. The molecule has 0 heterocycles. The molecule has 0 saturated heterocycles. The zero-order valence-corrected chi connectivity index (χ0v) is 33.3. The standard InChI is InChI=1S/C58H43N/c1-57(2)51-29-15-12-26-48(51)49-38-37-45(39-54(49)57)59(55-32-17-14-25-46(55)40-19-6-3-7-20-40)44-35-33-41(34-36-44)47-28-18-31-53-56(47)50-27-13-16-30-52(50)58(53,42-21-8-4-9-22-42)43-23-10-5-11-24-43/h3-39H,1-2H3. The van der Waals surface area contributed by atoms with Crippen molar-refractivity contribution in [1.29, 1.82) is 0 Å². The van der Waals surface area contributed by atoms with Crippen LogP contribution < -0.4 is 4.90 Å². The van der Waals surface area contributed by atoms with Gasteiger partial charge < -0.3 is 4.90 Å². The molecule has 0 radical (unpaired) electrons. The van der Waals surface area contributed by atoms with Crippen LogP contribution >= 0.6 is 0 Å². The molecule has 0 N–H and O–H groups in total. The summed E-state index contributed by atoms with van der Waals surface area (Å²) in [6.45, 7) is 4.72. The number of rotatable bonds is 7. The van der Waals surface area contributed by atoms with E-state index in [2.05, 4.69) is 243 Å². The maximum atomic E-state index is 2.45. The molecule has 0 aliphatic heterocycles. The fraction of sp³-hybridized carbons (Fsp3) is 0.0690. The van der Waals surface area contributed by atoms with E-state index in [0.717, 1.165) is 17.1 Å². The topological polar surface area (TPSA) is 3.24 Å². The molecule has 11 rings (SSSR count). The highest BCUT2D eigenvalue weighted by Crippen LogP contribution is 2.58. The first kappa shape index (κ1) is 35.0. The summed E-state index contributed by atoms with van der Waals surface area (Å²) in [5.41, 5.74) is 20.8. The van der Waals surface area contributed by atoms with E-state index in [1.165, 1.54) is 77.9 Å². The van der Waals surface area contributed by atoms with Crippen molar-refractivity contribution in [2.45, 2.75) is 24.7 Å². The average molecular weight is 754 g/mol. The Hall–Kier alpha value is -7.22. The zero-order chi connectivity index (χ0) is 39.6. The Bertz CT molecular complexity index is 2960. The van der Waals surface area contributed by atoms with Gasteiger partial charge in [0.2, 0.25) is 0 Å². The highest BCUT2D eigenvalue weighted by Gasteiger charge is 2.46. The van der Waals surface area contributed by atoms with Crippen molar-refractivity contribution in [3.8, 4) is 44.5 Å². The van der Waals surface area contributed by atoms with E-state index in [1.807, 2.05) is 0 Å². The summed E-state index contributed by atoms with van der Waals surface area (Å²) in [6, 6.07) is 82.8. The van der Waals surface area contributed by atoms with Crippen LogP contribution in [0.25, 0.3) is 44.5 Å². The van der Waals surface area contributed by atoms with Gasteiger partial charge in [-0.15, -0.1) is 0 Å². The van der Waals surface area contributed by atoms with Crippen LogP contribution in [-0.4, -0.2) is 0 Å². The summed E-state index contributed by atoms with van der Waals surface area (Å²) in [7, 11) is 0. The first-order chi connectivity index (χ1) is 29.0. The van der Waals surface area contributed by atoms with E-state index in [9.17, 15) is 0 Å². The molecule has 0 unspecified atom stereocenters. The molecule has 2 aliphatic rings. The smallest absolute Gasteiger partial charge is 0.0713 e. The lowest BCUT2D eigenvalue weighted by atomic mass is 9.67. The average Bonchev–Trinajstić information content (AvgIpc) is 3.73. The summed E-state index contributed by atoms with van der Waals surface area (Å²) in [5.74, 6) is 0. The number of hydrogen-bond acceptors (Lipinski definition) is 1. The fourth-order valence-corrected chi connectivity index (χ4v) is 10.3. The van der Waals surface area contributed by atoms with Crippen LogP contribution in [0, 0.1) is 0 Å². The number of hydrogen-bond donors (Lipinski definition) is 0. The quantitative estimate of drug-likeness (QED) is 0.157. The molecule has 280 valence electrons. The third-order valence-electron chi connectivity index (χ3n) is 13.0. The first-order valence-corrected chi connectivity index (χ1v) is 20.7. The highest BCUT2D eigenvalue weighted by atomic mass is 15.1. The lowest BCUT2D eigenvalue weighted by molar-refractivity contribution is 0.660. The van der Waals surface area contributed by atoms with Crippen molar-refractivity contribution in [1.82, 2.24) is 0 Å². The van der Waals surface area contributed by atoms with Gasteiger partial charge >= 0.3 is 0 Å². The van der Waals surface area contributed by atoms with E-state index in [-0.39, 0.29) is 5.41 Å². The summed E-state index contributed by atoms with van der Waals surface area (Å²) in [4.78, 5) is 2.45. The molecule has 1 nitrogen and oxygen atoms in total. The van der Waals surface area contributed by atoms with Gasteiger partial charge in [-0.25, -0.2) is 0 Å². The fourth-order valence-electron chi connectivity index (χ4n) is 10.3. The van der Waals surface area contributed by atoms with E-state index in [1.54, 1.807) is 0 Å². The van der Waals surface area contributed by atoms with Crippen molar-refractivity contribution in [2.75, 3.05) is 4.90 Å². The molecule has 0 amide bonds. The van der Waals surface area contributed by atoms with Gasteiger partial charge in [0.15, 0.2) is 0 Å². The Morgan fingerprint density at radius 2 is 0.814 bits per heavy atom. The minimum Gasteiger partial charge on any atom is -0.310 e. The predicted octanol–water partition coefficient (Wildman–Crippen LogP) is 15.2. The molecule has 0 saturated carbocycles. The minimum absolute atomic E-state index is 0.116. The van der Waals surface area contributed by atoms with Crippen molar-refractivity contribution in [3.63, 3.8) is 0 Å². The van der Waals surface area contributed by atoms with Gasteiger partial charge in [0.1, 0.15) is 0 Å². The van der Waals surface area contributed by atoms with Crippen LogP contribution in [0.3, 0.4) is 0 Å². The molecular weight excluding hydrogens is 711 g/mol.